The van der Waals surface area contributed by atoms with E-state index in [-0.39, 0.29) is 0 Å². The van der Waals surface area contributed by atoms with Crippen molar-refractivity contribution in [3.8, 4) is 0 Å². The first-order valence-electron chi connectivity index (χ1n) is 5.92. The van der Waals surface area contributed by atoms with Gasteiger partial charge in [0.05, 0.1) is 0 Å². The van der Waals surface area contributed by atoms with E-state index in [0.717, 1.165) is 23.7 Å². The predicted octanol–water partition coefficient (Wildman–Crippen LogP) is 1.20. The molecule has 4 aliphatic carbocycles. The van der Waals surface area contributed by atoms with Crippen molar-refractivity contribution in [2.24, 2.45) is 29.6 Å². The van der Waals surface area contributed by atoms with Crippen molar-refractivity contribution in [3.05, 3.63) is 0 Å². The largest absolute Gasteiger partial charge is 0.550 e. The summed E-state index contributed by atoms with van der Waals surface area (Å²) in [6, 6.07) is 0. The Hall–Kier alpha value is -0.530. The van der Waals surface area contributed by atoms with Gasteiger partial charge in [0.15, 0.2) is 0 Å². The molecule has 4 saturated carbocycles. The summed E-state index contributed by atoms with van der Waals surface area (Å²) in [5, 5.41) is 10.7. The molecule has 4 bridgehead atoms. The van der Waals surface area contributed by atoms with Gasteiger partial charge in [0.1, 0.15) is 0 Å². The van der Waals surface area contributed by atoms with Crippen molar-refractivity contribution in [3.63, 3.8) is 0 Å². The average molecular weight is 193 g/mol. The Kier molecular flexibility index (Phi) is 1.86. The van der Waals surface area contributed by atoms with E-state index in [2.05, 4.69) is 0 Å². The first-order valence-corrected chi connectivity index (χ1v) is 5.92. The maximum absolute atomic E-state index is 10.7. The first kappa shape index (κ1) is 8.75. The maximum Gasteiger partial charge on any atom is 0.0417 e. The summed E-state index contributed by atoms with van der Waals surface area (Å²) in [5.41, 5.74) is 0. The molecule has 0 atom stereocenters. The summed E-state index contributed by atoms with van der Waals surface area (Å²) in [6.07, 6.45) is 7.01. The van der Waals surface area contributed by atoms with E-state index >= 15 is 0 Å². The van der Waals surface area contributed by atoms with Crippen molar-refractivity contribution in [2.75, 3.05) is 0 Å². The predicted molar refractivity (Wildman–Crippen MR) is 50.2 cm³/mol. The Bertz CT molecular complexity index is 231. The molecule has 0 aromatic carbocycles. The third-order valence-corrected chi connectivity index (χ3v) is 4.82. The Morgan fingerprint density at radius 2 is 1.50 bits per heavy atom. The van der Waals surface area contributed by atoms with Crippen LogP contribution in [-0.4, -0.2) is 5.97 Å². The van der Waals surface area contributed by atoms with E-state index in [1.807, 2.05) is 0 Å². The van der Waals surface area contributed by atoms with Gasteiger partial charge in [0.25, 0.3) is 0 Å². The van der Waals surface area contributed by atoms with E-state index in [1.54, 1.807) is 0 Å². The van der Waals surface area contributed by atoms with Crippen LogP contribution < -0.4 is 5.11 Å². The molecular weight excluding hydrogens is 176 g/mol. The van der Waals surface area contributed by atoms with Crippen LogP contribution in [0.25, 0.3) is 0 Å². The van der Waals surface area contributed by atoms with Crippen molar-refractivity contribution in [1.82, 2.24) is 0 Å². The molecule has 0 spiro atoms. The van der Waals surface area contributed by atoms with E-state index in [0.29, 0.717) is 12.3 Å². The number of hydrogen-bond donors (Lipinski definition) is 0. The number of carbonyl (C=O) groups is 1. The first-order chi connectivity index (χ1) is 6.72. The van der Waals surface area contributed by atoms with Gasteiger partial charge in [0, 0.05) is 5.97 Å². The minimum Gasteiger partial charge on any atom is -0.550 e. The highest BCUT2D eigenvalue weighted by Crippen LogP contribution is 2.57. The Morgan fingerprint density at radius 1 is 1.00 bits per heavy atom. The fourth-order valence-corrected chi connectivity index (χ4v) is 4.56. The summed E-state index contributed by atoms with van der Waals surface area (Å²) in [6.45, 7) is 0. The molecule has 0 saturated heterocycles. The Labute approximate surface area is 84.7 Å². The van der Waals surface area contributed by atoms with Crippen molar-refractivity contribution < 1.29 is 9.90 Å². The minimum absolute atomic E-state index is 0.328. The van der Waals surface area contributed by atoms with Crippen molar-refractivity contribution in [2.45, 2.75) is 38.5 Å². The fourth-order valence-electron chi connectivity index (χ4n) is 4.56. The standard InChI is InChI=1S/C12H18O2/c13-12(14)6-11-9-2-7-1-8(4-9)5-10(11)3-7/h7-11H,1-6H2,(H,13,14)/p-1. The zero-order chi connectivity index (χ0) is 9.71. The highest BCUT2D eigenvalue weighted by atomic mass is 16.4. The van der Waals surface area contributed by atoms with E-state index in [1.165, 1.54) is 32.1 Å². The van der Waals surface area contributed by atoms with E-state index in [9.17, 15) is 9.90 Å². The number of aliphatic carboxylic acids is 1. The zero-order valence-corrected chi connectivity index (χ0v) is 8.45. The molecule has 0 N–H and O–H groups in total. The summed E-state index contributed by atoms with van der Waals surface area (Å²) in [5.74, 6) is 2.97. The Morgan fingerprint density at radius 3 is 1.93 bits per heavy atom. The summed E-state index contributed by atoms with van der Waals surface area (Å²) >= 11 is 0. The van der Waals surface area contributed by atoms with Crippen molar-refractivity contribution >= 4 is 5.97 Å². The van der Waals surface area contributed by atoms with Gasteiger partial charge >= 0.3 is 0 Å². The lowest BCUT2D eigenvalue weighted by atomic mass is 9.51. The molecule has 0 heterocycles. The van der Waals surface area contributed by atoms with Gasteiger partial charge in [-0.05, 0) is 68.1 Å². The lowest BCUT2D eigenvalue weighted by Gasteiger charge is -2.54. The number of rotatable bonds is 2. The quantitative estimate of drug-likeness (QED) is 0.661. The van der Waals surface area contributed by atoms with E-state index < -0.39 is 5.97 Å². The molecule has 4 aliphatic rings. The molecule has 2 heteroatoms. The molecule has 0 aromatic rings. The fraction of sp³-hybridized carbons (Fsp3) is 0.917. The highest BCUT2D eigenvalue weighted by molar-refractivity contribution is 5.64. The van der Waals surface area contributed by atoms with Gasteiger partial charge < -0.3 is 9.90 Å². The summed E-state index contributed by atoms with van der Waals surface area (Å²) in [7, 11) is 0. The zero-order valence-electron chi connectivity index (χ0n) is 8.45. The highest BCUT2D eigenvalue weighted by Gasteiger charge is 2.47. The monoisotopic (exact) mass is 193 g/mol. The van der Waals surface area contributed by atoms with Crippen LogP contribution in [0.15, 0.2) is 0 Å². The summed E-state index contributed by atoms with van der Waals surface area (Å²) in [4.78, 5) is 10.7. The van der Waals surface area contributed by atoms with Crippen LogP contribution in [0.4, 0.5) is 0 Å². The van der Waals surface area contributed by atoms with Gasteiger partial charge in [-0.25, -0.2) is 0 Å². The minimum atomic E-state index is -0.831. The molecule has 0 aromatic heterocycles. The molecule has 78 valence electrons. The van der Waals surface area contributed by atoms with Crippen LogP contribution in [-0.2, 0) is 4.79 Å². The molecule has 4 rings (SSSR count). The van der Waals surface area contributed by atoms with Gasteiger partial charge in [-0.2, -0.15) is 0 Å². The number of carboxylic acid groups (broad SMARTS) is 1. The van der Waals surface area contributed by atoms with Gasteiger partial charge in [-0.15, -0.1) is 0 Å². The molecule has 0 unspecified atom stereocenters. The average Bonchev–Trinajstić information content (AvgIpc) is 2.09. The molecule has 4 fully saturated rings. The SMILES string of the molecule is O=C([O-])CC1C2CC3CC(C2)CC1C3. The number of hydrogen-bond acceptors (Lipinski definition) is 2. The van der Waals surface area contributed by atoms with Gasteiger partial charge in [-0.3, -0.25) is 0 Å². The van der Waals surface area contributed by atoms with Crippen LogP contribution >= 0.6 is 0 Å². The maximum atomic E-state index is 10.7. The van der Waals surface area contributed by atoms with Crippen LogP contribution in [0.3, 0.4) is 0 Å². The van der Waals surface area contributed by atoms with Gasteiger partial charge in [-0.1, -0.05) is 0 Å². The number of carbonyl (C=O) groups excluding carboxylic acids is 1. The third kappa shape index (κ3) is 1.27. The van der Waals surface area contributed by atoms with Crippen LogP contribution in [0.5, 0.6) is 0 Å². The lowest BCUT2D eigenvalue weighted by Crippen LogP contribution is -2.46. The van der Waals surface area contributed by atoms with Gasteiger partial charge in [0.2, 0.25) is 0 Å². The second-order valence-corrected chi connectivity index (χ2v) is 5.67. The lowest BCUT2D eigenvalue weighted by molar-refractivity contribution is -0.308. The van der Waals surface area contributed by atoms with Crippen molar-refractivity contribution in [1.29, 1.82) is 0 Å². The third-order valence-electron chi connectivity index (χ3n) is 4.82. The molecular formula is C12H17O2-. The smallest absolute Gasteiger partial charge is 0.0417 e. The Balaban J connectivity index is 1.77. The molecule has 2 nitrogen and oxygen atoms in total. The molecule has 0 aliphatic heterocycles. The van der Waals surface area contributed by atoms with Crippen LogP contribution in [0, 0.1) is 29.6 Å². The molecule has 14 heavy (non-hydrogen) atoms. The van der Waals surface area contributed by atoms with E-state index in [4.69, 9.17) is 0 Å². The summed E-state index contributed by atoms with van der Waals surface area (Å²) < 4.78 is 0. The second-order valence-electron chi connectivity index (χ2n) is 5.67. The second kappa shape index (κ2) is 2.98. The topological polar surface area (TPSA) is 40.1 Å². The normalized spacial score (nSPS) is 49.6. The molecule has 0 amide bonds. The van der Waals surface area contributed by atoms with Crippen LogP contribution in [0.1, 0.15) is 38.5 Å². The molecule has 0 radical (unpaired) electrons. The van der Waals surface area contributed by atoms with Crippen LogP contribution in [0.2, 0.25) is 0 Å². The number of carboxylic acids is 1.